The second-order valence-corrected chi connectivity index (χ2v) is 6.30. The molecular formula is C17H20F6N2O2. The van der Waals surface area contributed by atoms with Crippen LogP contribution in [0.25, 0.3) is 0 Å². The van der Waals surface area contributed by atoms with E-state index in [2.05, 4.69) is 0 Å². The van der Waals surface area contributed by atoms with Gasteiger partial charge >= 0.3 is 12.4 Å². The fourth-order valence-electron chi connectivity index (χ4n) is 2.79. The van der Waals surface area contributed by atoms with E-state index in [-0.39, 0.29) is 13.0 Å². The van der Waals surface area contributed by atoms with Crippen LogP contribution in [0.5, 0.6) is 0 Å². The number of carbonyl (C=O) groups excluding carboxylic acids is 1. The van der Waals surface area contributed by atoms with Crippen molar-refractivity contribution in [1.82, 2.24) is 10.6 Å². The topological polar surface area (TPSA) is 50.4 Å². The van der Waals surface area contributed by atoms with Gasteiger partial charge in [-0.2, -0.15) is 26.3 Å². The Morgan fingerprint density at radius 1 is 1.07 bits per heavy atom. The highest BCUT2D eigenvalue weighted by Gasteiger charge is 2.72. The highest BCUT2D eigenvalue weighted by Crippen LogP contribution is 2.41. The highest BCUT2D eigenvalue weighted by atomic mass is 19.4. The van der Waals surface area contributed by atoms with E-state index in [1.807, 2.05) is 0 Å². The van der Waals surface area contributed by atoms with Crippen LogP contribution in [0.1, 0.15) is 24.8 Å². The van der Waals surface area contributed by atoms with E-state index in [4.69, 9.17) is 4.74 Å². The van der Waals surface area contributed by atoms with Crippen LogP contribution in [0.4, 0.5) is 26.3 Å². The maximum absolute atomic E-state index is 13.4. The number of ether oxygens (including phenoxy) is 1. The summed E-state index contributed by atoms with van der Waals surface area (Å²) >= 11 is 0. The van der Waals surface area contributed by atoms with Crippen LogP contribution in [-0.2, 0) is 16.0 Å². The van der Waals surface area contributed by atoms with Crippen molar-refractivity contribution in [3.8, 4) is 0 Å². The van der Waals surface area contributed by atoms with Gasteiger partial charge in [-0.05, 0) is 24.8 Å². The summed E-state index contributed by atoms with van der Waals surface area (Å²) in [5.41, 5.74) is -3.90. The molecule has 27 heavy (non-hydrogen) atoms. The molecule has 0 radical (unpaired) electrons. The molecular weight excluding hydrogens is 378 g/mol. The van der Waals surface area contributed by atoms with Crippen LogP contribution < -0.4 is 10.6 Å². The van der Waals surface area contributed by atoms with Gasteiger partial charge in [0, 0.05) is 19.6 Å². The minimum absolute atomic E-state index is 0.0181. The van der Waals surface area contributed by atoms with Crippen molar-refractivity contribution in [2.75, 3.05) is 13.2 Å². The normalized spacial score (nSPS) is 18.5. The van der Waals surface area contributed by atoms with Crippen LogP contribution in [0.3, 0.4) is 0 Å². The number of benzene rings is 1. The van der Waals surface area contributed by atoms with Crippen molar-refractivity contribution in [3.05, 3.63) is 35.9 Å². The van der Waals surface area contributed by atoms with Gasteiger partial charge in [-0.15, -0.1) is 0 Å². The third-order valence-corrected chi connectivity index (χ3v) is 4.28. The molecule has 0 saturated carbocycles. The summed E-state index contributed by atoms with van der Waals surface area (Å²) < 4.78 is 85.7. The molecule has 152 valence electrons. The fraction of sp³-hybridized carbons (Fsp3) is 0.588. The Morgan fingerprint density at radius 3 is 2.22 bits per heavy atom. The number of carbonyl (C=O) groups is 1. The molecule has 1 aromatic carbocycles. The third kappa shape index (κ3) is 5.35. The number of rotatable bonds is 7. The first-order chi connectivity index (χ1) is 12.6. The summed E-state index contributed by atoms with van der Waals surface area (Å²) in [6.45, 7) is -0.404. The lowest BCUT2D eigenvalue weighted by Gasteiger charge is -2.39. The Labute approximate surface area is 152 Å². The number of hydrogen-bond acceptors (Lipinski definition) is 3. The van der Waals surface area contributed by atoms with E-state index in [0.717, 1.165) is 5.32 Å². The maximum atomic E-state index is 13.4. The van der Waals surface area contributed by atoms with Crippen LogP contribution in [0.2, 0.25) is 0 Å². The number of halogens is 6. The van der Waals surface area contributed by atoms with E-state index in [0.29, 0.717) is 18.4 Å². The lowest BCUT2D eigenvalue weighted by molar-refractivity contribution is -0.316. The molecule has 0 bridgehead atoms. The molecule has 0 aromatic heterocycles. The smallest absolute Gasteiger partial charge is 0.377 e. The standard InChI is InChI=1S/C17H20F6N2O2/c18-16(19,20)15(17(21,22)23,24-11-13-7-4-10-27-13)25-14(26)9-8-12-5-2-1-3-6-12/h1-3,5-6,13,24H,4,7-11H2,(H,25,26). The van der Waals surface area contributed by atoms with Crippen molar-refractivity contribution in [1.29, 1.82) is 0 Å². The lowest BCUT2D eigenvalue weighted by Crippen LogP contribution is -2.76. The van der Waals surface area contributed by atoms with E-state index < -0.39 is 43.0 Å². The van der Waals surface area contributed by atoms with Crippen LogP contribution in [0, 0.1) is 0 Å². The molecule has 1 aromatic rings. The molecule has 0 spiro atoms. The second kappa shape index (κ2) is 8.47. The summed E-state index contributed by atoms with van der Waals surface area (Å²) in [5, 5.41) is 2.63. The van der Waals surface area contributed by atoms with E-state index >= 15 is 0 Å². The van der Waals surface area contributed by atoms with Crippen molar-refractivity contribution in [2.24, 2.45) is 0 Å². The van der Waals surface area contributed by atoms with Crippen molar-refractivity contribution in [2.45, 2.75) is 49.8 Å². The van der Waals surface area contributed by atoms with E-state index in [9.17, 15) is 31.1 Å². The molecule has 0 aliphatic carbocycles. The van der Waals surface area contributed by atoms with Crippen molar-refractivity contribution >= 4 is 5.91 Å². The summed E-state index contributed by atoms with van der Waals surface area (Å²) in [6.07, 6.45) is -11.9. The summed E-state index contributed by atoms with van der Waals surface area (Å²) in [4.78, 5) is 11.9. The van der Waals surface area contributed by atoms with Crippen LogP contribution >= 0.6 is 0 Å². The van der Waals surface area contributed by atoms with Gasteiger partial charge in [0.1, 0.15) is 0 Å². The number of hydrogen-bond donors (Lipinski definition) is 2. The Morgan fingerprint density at radius 2 is 1.70 bits per heavy atom. The van der Waals surface area contributed by atoms with Gasteiger partial charge in [0.05, 0.1) is 6.10 Å². The Hall–Kier alpha value is -1.81. The summed E-state index contributed by atoms with van der Waals surface area (Å²) in [6, 6.07) is 8.28. The molecule has 2 rings (SSSR count). The zero-order chi connectivity index (χ0) is 20.1. The molecule has 4 nitrogen and oxygen atoms in total. The number of alkyl halides is 6. The third-order valence-electron chi connectivity index (χ3n) is 4.28. The molecule has 1 fully saturated rings. The average Bonchev–Trinajstić information content (AvgIpc) is 3.09. The molecule has 10 heteroatoms. The van der Waals surface area contributed by atoms with Gasteiger partial charge in [0.25, 0.3) is 5.66 Å². The van der Waals surface area contributed by atoms with E-state index in [1.165, 1.54) is 5.32 Å². The first kappa shape index (κ1) is 21.5. The number of nitrogens with one attached hydrogen (secondary N) is 2. The zero-order valence-electron chi connectivity index (χ0n) is 14.3. The molecule has 1 atom stereocenters. The van der Waals surface area contributed by atoms with Gasteiger partial charge in [0.15, 0.2) is 0 Å². The van der Waals surface area contributed by atoms with Gasteiger partial charge in [0.2, 0.25) is 5.91 Å². The van der Waals surface area contributed by atoms with Crippen molar-refractivity contribution in [3.63, 3.8) is 0 Å². The SMILES string of the molecule is O=C(CCc1ccccc1)NC(NCC1CCCO1)(C(F)(F)F)C(F)(F)F. The molecule has 2 N–H and O–H groups in total. The Balaban J connectivity index is 2.13. The average molecular weight is 398 g/mol. The van der Waals surface area contributed by atoms with Crippen LogP contribution in [0.15, 0.2) is 30.3 Å². The molecule has 1 heterocycles. The van der Waals surface area contributed by atoms with Gasteiger partial charge in [-0.1, -0.05) is 30.3 Å². The fourth-order valence-corrected chi connectivity index (χ4v) is 2.79. The largest absolute Gasteiger partial charge is 0.434 e. The highest BCUT2D eigenvalue weighted by molar-refractivity contribution is 5.77. The summed E-state index contributed by atoms with van der Waals surface area (Å²) in [5.74, 6) is -1.35. The predicted molar refractivity (Wildman–Crippen MR) is 84.7 cm³/mol. The van der Waals surface area contributed by atoms with Gasteiger partial charge < -0.3 is 10.1 Å². The molecule has 1 aliphatic heterocycles. The second-order valence-electron chi connectivity index (χ2n) is 6.30. The first-order valence-corrected chi connectivity index (χ1v) is 8.40. The summed E-state index contributed by atoms with van der Waals surface area (Å²) in [7, 11) is 0. The quantitative estimate of drug-likeness (QED) is 0.547. The van der Waals surface area contributed by atoms with Gasteiger partial charge in [-0.3, -0.25) is 10.1 Å². The maximum Gasteiger partial charge on any atom is 0.434 e. The molecule has 1 aliphatic rings. The molecule has 1 saturated heterocycles. The number of amides is 1. The first-order valence-electron chi connectivity index (χ1n) is 8.40. The van der Waals surface area contributed by atoms with Crippen molar-refractivity contribution < 1.29 is 35.9 Å². The number of aryl methyl sites for hydroxylation is 1. The lowest BCUT2D eigenvalue weighted by atomic mass is 10.1. The van der Waals surface area contributed by atoms with E-state index in [1.54, 1.807) is 30.3 Å². The Bertz CT molecular complexity index is 598. The predicted octanol–water partition coefficient (Wildman–Crippen LogP) is 3.32. The zero-order valence-corrected chi connectivity index (χ0v) is 14.3. The van der Waals surface area contributed by atoms with Crippen LogP contribution in [-0.4, -0.2) is 43.2 Å². The molecule has 1 unspecified atom stereocenters. The monoisotopic (exact) mass is 398 g/mol. The molecule has 1 amide bonds. The minimum Gasteiger partial charge on any atom is -0.377 e. The Kier molecular flexibility index (Phi) is 6.74. The minimum atomic E-state index is -5.79. The van der Waals surface area contributed by atoms with Gasteiger partial charge in [-0.25, -0.2) is 0 Å².